The van der Waals surface area contributed by atoms with E-state index in [4.69, 9.17) is 4.74 Å². The second kappa shape index (κ2) is 3.79. The number of aliphatic hydroxyl groups excluding tert-OH is 1. The van der Waals surface area contributed by atoms with E-state index < -0.39 is 23.9 Å². The molecule has 96 valence electrons. The van der Waals surface area contributed by atoms with Crippen LogP contribution in [0.25, 0.3) is 0 Å². The Bertz CT molecular complexity index is 464. The van der Waals surface area contributed by atoms with Crippen molar-refractivity contribution in [3.63, 3.8) is 0 Å². The molecule has 1 N–H and O–H groups in total. The van der Waals surface area contributed by atoms with Gasteiger partial charge in [0, 0.05) is 5.57 Å². The van der Waals surface area contributed by atoms with Crippen molar-refractivity contribution in [2.24, 2.45) is 23.7 Å². The molecule has 1 saturated carbocycles. The van der Waals surface area contributed by atoms with Crippen molar-refractivity contribution in [3.8, 4) is 0 Å². The van der Waals surface area contributed by atoms with Gasteiger partial charge in [0.15, 0.2) is 5.78 Å². The average Bonchev–Trinajstić information content (AvgIpc) is 2.78. The molecule has 6 unspecified atom stereocenters. The van der Waals surface area contributed by atoms with Gasteiger partial charge in [0.05, 0.1) is 17.9 Å². The molecule has 3 rings (SSSR count). The van der Waals surface area contributed by atoms with Gasteiger partial charge in [-0.15, -0.1) is 0 Å². The SMILES string of the molecule is C=C1C(=O)OC2CC(C)C3C=CC(=O)C3C(O)C12. The van der Waals surface area contributed by atoms with E-state index in [-0.39, 0.29) is 23.7 Å². The monoisotopic (exact) mass is 248 g/mol. The van der Waals surface area contributed by atoms with Gasteiger partial charge in [-0.2, -0.15) is 0 Å². The first-order chi connectivity index (χ1) is 8.50. The summed E-state index contributed by atoms with van der Waals surface area (Å²) in [5, 5.41) is 10.5. The Labute approximate surface area is 105 Å². The van der Waals surface area contributed by atoms with Gasteiger partial charge in [-0.25, -0.2) is 4.79 Å². The molecule has 1 aliphatic heterocycles. The zero-order valence-electron chi connectivity index (χ0n) is 10.2. The molecule has 0 amide bonds. The van der Waals surface area contributed by atoms with Crippen molar-refractivity contribution < 1.29 is 19.4 Å². The summed E-state index contributed by atoms with van der Waals surface area (Å²) < 4.78 is 5.26. The number of aliphatic hydroxyl groups is 1. The minimum Gasteiger partial charge on any atom is -0.458 e. The molecule has 0 aromatic rings. The summed E-state index contributed by atoms with van der Waals surface area (Å²) in [5.41, 5.74) is 0.306. The van der Waals surface area contributed by atoms with Crippen LogP contribution in [0, 0.1) is 23.7 Å². The van der Waals surface area contributed by atoms with Gasteiger partial charge in [0.25, 0.3) is 0 Å². The Morgan fingerprint density at radius 3 is 2.83 bits per heavy atom. The number of carbonyl (C=O) groups excluding carboxylic acids is 2. The number of hydrogen-bond donors (Lipinski definition) is 1. The molecule has 0 spiro atoms. The highest BCUT2D eigenvalue weighted by atomic mass is 16.6. The molecular formula is C14H16O4. The average molecular weight is 248 g/mol. The van der Waals surface area contributed by atoms with E-state index >= 15 is 0 Å². The third kappa shape index (κ3) is 1.42. The van der Waals surface area contributed by atoms with Crippen molar-refractivity contribution >= 4 is 11.8 Å². The summed E-state index contributed by atoms with van der Waals surface area (Å²) in [5.74, 6) is -1.11. The van der Waals surface area contributed by atoms with Crippen LogP contribution in [-0.2, 0) is 14.3 Å². The van der Waals surface area contributed by atoms with E-state index in [2.05, 4.69) is 6.58 Å². The lowest BCUT2D eigenvalue weighted by Gasteiger charge is -2.26. The van der Waals surface area contributed by atoms with E-state index in [0.717, 1.165) is 0 Å². The quantitative estimate of drug-likeness (QED) is 0.510. The Balaban J connectivity index is 2.00. The van der Waals surface area contributed by atoms with Crippen LogP contribution >= 0.6 is 0 Å². The van der Waals surface area contributed by atoms with Crippen molar-refractivity contribution in [2.75, 3.05) is 0 Å². The Hall–Kier alpha value is -1.42. The van der Waals surface area contributed by atoms with Gasteiger partial charge < -0.3 is 9.84 Å². The van der Waals surface area contributed by atoms with Crippen LogP contribution < -0.4 is 0 Å². The summed E-state index contributed by atoms with van der Waals surface area (Å²) in [6.45, 7) is 5.74. The number of hydrogen-bond acceptors (Lipinski definition) is 4. The third-order valence-corrected chi connectivity index (χ3v) is 4.55. The Kier molecular flexibility index (Phi) is 2.45. The normalized spacial score (nSPS) is 46.7. The maximum atomic E-state index is 11.9. The van der Waals surface area contributed by atoms with E-state index in [0.29, 0.717) is 12.0 Å². The molecular weight excluding hydrogens is 232 g/mol. The standard InChI is InChI=1S/C14H16O4/c1-6-5-10-11(7(2)14(17)18-10)13(16)12-8(6)3-4-9(12)15/h3-4,6,8,10-13,16H,2,5H2,1H3. The van der Waals surface area contributed by atoms with E-state index in [1.165, 1.54) is 0 Å². The van der Waals surface area contributed by atoms with Gasteiger partial charge >= 0.3 is 5.97 Å². The first-order valence-corrected chi connectivity index (χ1v) is 6.30. The smallest absolute Gasteiger partial charge is 0.334 e. The molecule has 0 radical (unpaired) electrons. The first kappa shape index (κ1) is 11.7. The van der Waals surface area contributed by atoms with Gasteiger partial charge in [-0.05, 0) is 24.3 Å². The summed E-state index contributed by atoms with van der Waals surface area (Å²) in [6, 6.07) is 0. The third-order valence-electron chi connectivity index (χ3n) is 4.55. The molecule has 2 fully saturated rings. The molecule has 0 bridgehead atoms. The number of ketones is 1. The van der Waals surface area contributed by atoms with Crippen LogP contribution in [0.15, 0.2) is 24.3 Å². The van der Waals surface area contributed by atoms with Crippen molar-refractivity contribution in [1.82, 2.24) is 0 Å². The molecule has 6 atom stereocenters. The van der Waals surface area contributed by atoms with Gasteiger partial charge in [0.1, 0.15) is 6.10 Å². The lowest BCUT2D eigenvalue weighted by molar-refractivity contribution is -0.139. The largest absolute Gasteiger partial charge is 0.458 e. The van der Waals surface area contributed by atoms with Crippen LogP contribution in [0.5, 0.6) is 0 Å². The number of esters is 1. The van der Waals surface area contributed by atoms with Crippen LogP contribution in [-0.4, -0.2) is 29.1 Å². The van der Waals surface area contributed by atoms with Crippen LogP contribution in [0.1, 0.15) is 13.3 Å². The number of fused-ring (bicyclic) bond motifs is 2. The molecule has 2 aliphatic carbocycles. The van der Waals surface area contributed by atoms with Gasteiger partial charge in [-0.3, -0.25) is 4.79 Å². The Morgan fingerprint density at radius 1 is 1.39 bits per heavy atom. The van der Waals surface area contributed by atoms with Crippen LogP contribution in [0.3, 0.4) is 0 Å². The number of rotatable bonds is 0. The van der Waals surface area contributed by atoms with E-state index in [9.17, 15) is 14.7 Å². The van der Waals surface area contributed by atoms with Crippen molar-refractivity contribution in [3.05, 3.63) is 24.3 Å². The minimum atomic E-state index is -0.869. The molecule has 0 aromatic carbocycles. The van der Waals surface area contributed by atoms with Crippen LogP contribution in [0.2, 0.25) is 0 Å². The lowest BCUT2D eigenvalue weighted by Crippen LogP contribution is -2.37. The molecule has 3 aliphatic rings. The highest BCUT2D eigenvalue weighted by molar-refractivity contribution is 5.96. The van der Waals surface area contributed by atoms with Gasteiger partial charge in [0.2, 0.25) is 0 Å². The highest BCUT2D eigenvalue weighted by Crippen LogP contribution is 2.46. The summed E-state index contributed by atoms with van der Waals surface area (Å²) in [4.78, 5) is 23.4. The fourth-order valence-corrected chi connectivity index (χ4v) is 3.58. The Morgan fingerprint density at radius 2 is 2.11 bits per heavy atom. The maximum absolute atomic E-state index is 11.9. The van der Waals surface area contributed by atoms with Crippen molar-refractivity contribution in [2.45, 2.75) is 25.6 Å². The predicted molar refractivity (Wildman–Crippen MR) is 63.4 cm³/mol. The summed E-state index contributed by atoms with van der Waals surface area (Å²) in [6.07, 6.45) is 2.90. The highest BCUT2D eigenvalue weighted by Gasteiger charge is 2.53. The summed E-state index contributed by atoms with van der Waals surface area (Å²) >= 11 is 0. The molecule has 4 heteroatoms. The summed E-state index contributed by atoms with van der Waals surface area (Å²) in [7, 11) is 0. The molecule has 0 aromatic heterocycles. The molecule has 18 heavy (non-hydrogen) atoms. The zero-order valence-corrected chi connectivity index (χ0v) is 10.2. The van der Waals surface area contributed by atoms with Crippen LogP contribution in [0.4, 0.5) is 0 Å². The minimum absolute atomic E-state index is 0.0459. The maximum Gasteiger partial charge on any atom is 0.334 e. The second-order valence-corrected chi connectivity index (χ2v) is 5.56. The lowest BCUT2D eigenvalue weighted by atomic mass is 9.80. The second-order valence-electron chi connectivity index (χ2n) is 5.56. The zero-order chi connectivity index (χ0) is 13.0. The topological polar surface area (TPSA) is 63.6 Å². The fourth-order valence-electron chi connectivity index (χ4n) is 3.58. The number of carbonyl (C=O) groups is 2. The molecule has 4 nitrogen and oxygen atoms in total. The van der Waals surface area contributed by atoms with Crippen molar-refractivity contribution in [1.29, 1.82) is 0 Å². The fraction of sp³-hybridized carbons (Fsp3) is 0.571. The predicted octanol–water partition coefficient (Wildman–Crippen LogP) is 0.856. The number of allylic oxidation sites excluding steroid dienone is 2. The first-order valence-electron chi connectivity index (χ1n) is 6.30. The number of ether oxygens (including phenoxy) is 1. The van der Waals surface area contributed by atoms with Gasteiger partial charge in [-0.1, -0.05) is 19.6 Å². The molecule has 1 saturated heterocycles. The van der Waals surface area contributed by atoms with E-state index in [1.807, 2.05) is 13.0 Å². The van der Waals surface area contributed by atoms with E-state index in [1.54, 1.807) is 6.08 Å². The molecule has 1 heterocycles.